The molecule has 15 heavy (non-hydrogen) atoms. The molecule has 2 rings (SSSR count). The van der Waals surface area contributed by atoms with E-state index in [2.05, 4.69) is 0 Å². The van der Waals surface area contributed by atoms with Crippen LogP contribution in [-0.4, -0.2) is 5.78 Å². The quantitative estimate of drug-likeness (QED) is 0.695. The molecule has 0 atom stereocenters. The molecule has 0 aliphatic carbocycles. The normalized spacial score (nSPS) is 12.0. The second-order valence-corrected chi connectivity index (χ2v) is 3.57. The van der Waals surface area contributed by atoms with Crippen LogP contribution in [0.25, 0.3) is 17.0 Å². The van der Waals surface area contributed by atoms with Gasteiger partial charge in [0, 0.05) is 5.39 Å². The monoisotopic (exact) mass is 200 g/mol. The minimum atomic E-state index is 0.0652. The number of hydrogen-bond acceptors (Lipinski definition) is 2. The second-order valence-electron chi connectivity index (χ2n) is 3.57. The van der Waals surface area contributed by atoms with Crippen molar-refractivity contribution in [2.75, 3.05) is 0 Å². The fourth-order valence-corrected chi connectivity index (χ4v) is 1.39. The molecule has 0 bridgehead atoms. The van der Waals surface area contributed by atoms with Crippen molar-refractivity contribution < 1.29 is 9.21 Å². The van der Waals surface area contributed by atoms with E-state index in [0.717, 1.165) is 16.7 Å². The number of benzene rings is 1. The third-order valence-corrected chi connectivity index (χ3v) is 2.36. The fourth-order valence-electron chi connectivity index (χ4n) is 1.39. The van der Waals surface area contributed by atoms with Crippen LogP contribution in [0.2, 0.25) is 0 Å². The molecule has 0 amide bonds. The zero-order chi connectivity index (χ0) is 10.8. The number of carbonyl (C=O) groups excluding carboxylic acids is 1. The first-order valence-electron chi connectivity index (χ1n) is 4.84. The molecule has 0 unspecified atom stereocenters. The van der Waals surface area contributed by atoms with Gasteiger partial charge in [0.1, 0.15) is 11.3 Å². The van der Waals surface area contributed by atoms with E-state index < -0.39 is 0 Å². The Morgan fingerprint density at radius 3 is 2.67 bits per heavy atom. The molecule has 0 N–H and O–H groups in total. The van der Waals surface area contributed by atoms with Crippen molar-refractivity contribution in [2.45, 2.75) is 13.8 Å². The lowest BCUT2D eigenvalue weighted by atomic mass is 10.2. The zero-order valence-electron chi connectivity index (χ0n) is 8.78. The molecular weight excluding hydrogens is 188 g/mol. The highest BCUT2D eigenvalue weighted by Gasteiger charge is 2.02. The summed E-state index contributed by atoms with van der Waals surface area (Å²) < 4.78 is 5.56. The molecule has 0 fully saturated rings. The Labute approximate surface area is 88.2 Å². The van der Waals surface area contributed by atoms with Crippen molar-refractivity contribution >= 4 is 22.8 Å². The van der Waals surface area contributed by atoms with Crippen LogP contribution in [-0.2, 0) is 4.79 Å². The van der Waals surface area contributed by atoms with Gasteiger partial charge in [-0.1, -0.05) is 18.2 Å². The van der Waals surface area contributed by atoms with Gasteiger partial charge in [-0.25, -0.2) is 0 Å². The van der Waals surface area contributed by atoms with Gasteiger partial charge in [-0.3, -0.25) is 4.79 Å². The summed E-state index contributed by atoms with van der Waals surface area (Å²) >= 11 is 0. The van der Waals surface area contributed by atoms with Crippen molar-refractivity contribution in [1.29, 1.82) is 0 Å². The van der Waals surface area contributed by atoms with E-state index in [1.807, 2.05) is 30.3 Å². The van der Waals surface area contributed by atoms with Gasteiger partial charge < -0.3 is 4.42 Å². The molecule has 76 valence electrons. The van der Waals surface area contributed by atoms with Gasteiger partial charge in [-0.05, 0) is 37.6 Å². The number of Topliss-reactive ketones (excluding diaryl/α,β-unsaturated/α-hetero) is 1. The molecule has 2 heteroatoms. The molecular formula is C13H12O2. The molecule has 1 heterocycles. The summed E-state index contributed by atoms with van der Waals surface area (Å²) in [5.74, 6) is 0.791. The average Bonchev–Trinajstić information content (AvgIpc) is 2.59. The Bertz CT molecular complexity index is 499. The number of ketones is 1. The van der Waals surface area contributed by atoms with Gasteiger partial charge in [0.05, 0.1) is 0 Å². The van der Waals surface area contributed by atoms with Crippen LogP contribution in [0, 0.1) is 0 Å². The van der Waals surface area contributed by atoms with Crippen LogP contribution in [0.1, 0.15) is 19.6 Å². The van der Waals surface area contributed by atoms with E-state index >= 15 is 0 Å². The summed E-state index contributed by atoms with van der Waals surface area (Å²) in [6, 6.07) is 9.72. The molecule has 0 radical (unpaired) electrons. The lowest BCUT2D eigenvalue weighted by molar-refractivity contribution is -0.113. The number of allylic oxidation sites excluding steroid dienone is 1. The topological polar surface area (TPSA) is 30.2 Å². The first kappa shape index (κ1) is 9.71. The molecule has 0 aliphatic rings. The van der Waals surface area contributed by atoms with Crippen LogP contribution >= 0.6 is 0 Å². The first-order valence-corrected chi connectivity index (χ1v) is 4.84. The van der Waals surface area contributed by atoms with Crippen molar-refractivity contribution in [2.24, 2.45) is 0 Å². The Kier molecular flexibility index (Phi) is 2.42. The zero-order valence-corrected chi connectivity index (χ0v) is 8.78. The molecule has 2 aromatic rings. The van der Waals surface area contributed by atoms with E-state index in [4.69, 9.17) is 4.42 Å². The third-order valence-electron chi connectivity index (χ3n) is 2.36. The molecule has 0 saturated carbocycles. The number of carbonyl (C=O) groups is 1. The minimum absolute atomic E-state index is 0.0652. The number of fused-ring (bicyclic) bond motifs is 1. The van der Waals surface area contributed by atoms with Crippen LogP contribution in [0.3, 0.4) is 0 Å². The standard InChI is InChI=1S/C13H12O2/c1-9(10(2)14)7-12-8-11-5-3-4-6-13(11)15-12/h3-8H,1-2H3/b9-7+. The van der Waals surface area contributed by atoms with Crippen molar-refractivity contribution in [3.8, 4) is 0 Å². The summed E-state index contributed by atoms with van der Waals surface area (Å²) in [6.07, 6.45) is 1.77. The van der Waals surface area contributed by atoms with Crippen LogP contribution in [0.4, 0.5) is 0 Å². The Morgan fingerprint density at radius 1 is 1.27 bits per heavy atom. The van der Waals surface area contributed by atoms with E-state index in [1.54, 1.807) is 19.9 Å². The van der Waals surface area contributed by atoms with Gasteiger partial charge in [0.25, 0.3) is 0 Å². The predicted octanol–water partition coefficient (Wildman–Crippen LogP) is 3.43. The maximum Gasteiger partial charge on any atom is 0.155 e. The van der Waals surface area contributed by atoms with Gasteiger partial charge in [-0.15, -0.1) is 0 Å². The number of para-hydroxylation sites is 1. The van der Waals surface area contributed by atoms with Crippen LogP contribution in [0.5, 0.6) is 0 Å². The predicted molar refractivity (Wildman–Crippen MR) is 60.5 cm³/mol. The van der Waals surface area contributed by atoms with Gasteiger partial charge in [0.15, 0.2) is 5.78 Å². The maximum atomic E-state index is 11.1. The molecule has 1 aromatic heterocycles. The van der Waals surface area contributed by atoms with E-state index in [0.29, 0.717) is 5.57 Å². The summed E-state index contributed by atoms with van der Waals surface area (Å²) in [7, 11) is 0. The molecule has 2 nitrogen and oxygen atoms in total. The molecule has 0 aliphatic heterocycles. The summed E-state index contributed by atoms with van der Waals surface area (Å²) in [6.45, 7) is 3.34. The second kappa shape index (κ2) is 3.73. The first-order chi connectivity index (χ1) is 7.16. The van der Waals surface area contributed by atoms with Crippen LogP contribution in [0.15, 0.2) is 40.3 Å². The largest absolute Gasteiger partial charge is 0.457 e. The molecule has 0 spiro atoms. The third kappa shape index (κ3) is 1.99. The summed E-state index contributed by atoms with van der Waals surface area (Å²) in [5.41, 5.74) is 1.55. The Balaban J connectivity index is 2.46. The smallest absolute Gasteiger partial charge is 0.155 e. The highest BCUT2D eigenvalue weighted by atomic mass is 16.3. The lowest BCUT2D eigenvalue weighted by Gasteiger charge is -1.90. The fraction of sp³-hybridized carbons (Fsp3) is 0.154. The minimum Gasteiger partial charge on any atom is -0.457 e. The van der Waals surface area contributed by atoms with E-state index in [-0.39, 0.29) is 5.78 Å². The van der Waals surface area contributed by atoms with Crippen LogP contribution < -0.4 is 0 Å². The van der Waals surface area contributed by atoms with Gasteiger partial charge in [-0.2, -0.15) is 0 Å². The Hall–Kier alpha value is -1.83. The van der Waals surface area contributed by atoms with Gasteiger partial charge in [0.2, 0.25) is 0 Å². The summed E-state index contributed by atoms with van der Waals surface area (Å²) in [5, 5.41) is 1.06. The molecule has 1 aromatic carbocycles. The van der Waals surface area contributed by atoms with Crippen molar-refractivity contribution in [3.05, 3.63) is 41.7 Å². The number of furan rings is 1. The van der Waals surface area contributed by atoms with E-state index in [1.165, 1.54) is 0 Å². The maximum absolute atomic E-state index is 11.1. The Morgan fingerprint density at radius 2 is 2.00 bits per heavy atom. The van der Waals surface area contributed by atoms with Gasteiger partial charge >= 0.3 is 0 Å². The summed E-state index contributed by atoms with van der Waals surface area (Å²) in [4.78, 5) is 11.1. The average molecular weight is 200 g/mol. The van der Waals surface area contributed by atoms with Crippen molar-refractivity contribution in [1.82, 2.24) is 0 Å². The lowest BCUT2D eigenvalue weighted by Crippen LogP contribution is -1.89. The SMILES string of the molecule is CC(=O)/C(C)=C/c1cc2ccccc2o1. The number of hydrogen-bond donors (Lipinski definition) is 0. The number of rotatable bonds is 2. The highest BCUT2D eigenvalue weighted by Crippen LogP contribution is 2.20. The van der Waals surface area contributed by atoms with Crippen molar-refractivity contribution in [3.63, 3.8) is 0 Å². The highest BCUT2D eigenvalue weighted by molar-refractivity contribution is 5.97. The molecule has 0 saturated heterocycles. The van der Waals surface area contributed by atoms with E-state index in [9.17, 15) is 4.79 Å².